The molecule has 0 atom stereocenters. The van der Waals surface area contributed by atoms with E-state index in [0.29, 0.717) is 10.6 Å². The summed E-state index contributed by atoms with van der Waals surface area (Å²) in [5, 5.41) is 9.07. The lowest BCUT2D eigenvalue weighted by Gasteiger charge is -2.02. The van der Waals surface area contributed by atoms with Crippen molar-refractivity contribution in [2.45, 2.75) is 6.42 Å². The molecule has 0 bridgehead atoms. The van der Waals surface area contributed by atoms with E-state index in [9.17, 15) is 4.79 Å². The van der Waals surface area contributed by atoms with Gasteiger partial charge in [0.25, 0.3) is 0 Å². The predicted molar refractivity (Wildman–Crippen MR) is 55.5 cm³/mol. The van der Waals surface area contributed by atoms with Gasteiger partial charge in [0, 0.05) is 8.59 Å². The van der Waals surface area contributed by atoms with E-state index in [1.807, 2.05) is 6.07 Å². The Kier molecular flexibility index (Phi) is 3.34. The van der Waals surface area contributed by atoms with E-state index >= 15 is 0 Å². The minimum absolute atomic E-state index is 0.0159. The molecule has 12 heavy (non-hydrogen) atoms. The third-order valence-corrected chi connectivity index (χ3v) is 2.75. The van der Waals surface area contributed by atoms with Gasteiger partial charge in [0.05, 0.1) is 6.42 Å². The monoisotopic (exact) mass is 296 g/mol. The smallest absolute Gasteiger partial charge is 0.307 e. The van der Waals surface area contributed by atoms with Gasteiger partial charge in [-0.1, -0.05) is 17.7 Å². The quantitative estimate of drug-likeness (QED) is 0.852. The van der Waals surface area contributed by atoms with Crippen LogP contribution in [0.25, 0.3) is 0 Å². The molecule has 0 saturated heterocycles. The highest BCUT2D eigenvalue weighted by Gasteiger charge is 2.08. The first-order chi connectivity index (χ1) is 5.61. The fraction of sp³-hybridized carbons (Fsp3) is 0.125. The van der Waals surface area contributed by atoms with Crippen molar-refractivity contribution in [3.63, 3.8) is 0 Å². The van der Waals surface area contributed by atoms with Crippen molar-refractivity contribution in [1.82, 2.24) is 0 Å². The second-order valence-corrected chi connectivity index (χ2v) is 3.84. The maximum absolute atomic E-state index is 10.4. The van der Waals surface area contributed by atoms with E-state index in [-0.39, 0.29) is 6.42 Å². The van der Waals surface area contributed by atoms with Crippen molar-refractivity contribution < 1.29 is 9.90 Å². The Morgan fingerprint density at radius 1 is 1.58 bits per heavy atom. The van der Waals surface area contributed by atoms with Crippen LogP contribution >= 0.6 is 34.2 Å². The molecule has 0 aliphatic heterocycles. The van der Waals surface area contributed by atoms with Crippen molar-refractivity contribution in [3.8, 4) is 0 Å². The number of hydrogen-bond acceptors (Lipinski definition) is 1. The molecule has 0 radical (unpaired) electrons. The van der Waals surface area contributed by atoms with Gasteiger partial charge in [-0.25, -0.2) is 0 Å². The minimum Gasteiger partial charge on any atom is -0.481 e. The van der Waals surface area contributed by atoms with Crippen molar-refractivity contribution in [3.05, 3.63) is 32.4 Å². The first-order valence-corrected chi connectivity index (χ1v) is 4.71. The summed E-state index contributed by atoms with van der Waals surface area (Å²) in [6.45, 7) is 0. The molecule has 0 fully saturated rings. The van der Waals surface area contributed by atoms with Crippen LogP contribution in [0, 0.1) is 3.57 Å². The highest BCUT2D eigenvalue weighted by molar-refractivity contribution is 14.1. The van der Waals surface area contributed by atoms with Gasteiger partial charge in [-0.05, 0) is 40.3 Å². The number of carboxylic acid groups (broad SMARTS) is 1. The number of benzene rings is 1. The number of hydrogen-bond donors (Lipinski definition) is 1. The van der Waals surface area contributed by atoms with E-state index in [0.717, 1.165) is 3.57 Å². The van der Waals surface area contributed by atoms with Gasteiger partial charge >= 0.3 is 5.97 Å². The molecule has 0 aromatic heterocycles. The van der Waals surface area contributed by atoms with E-state index in [1.54, 1.807) is 12.1 Å². The summed E-state index contributed by atoms with van der Waals surface area (Å²) in [7, 11) is 0. The van der Waals surface area contributed by atoms with Gasteiger partial charge in [-0.3, -0.25) is 4.79 Å². The normalized spacial score (nSPS) is 9.83. The van der Waals surface area contributed by atoms with Crippen LogP contribution in [0.3, 0.4) is 0 Å². The molecule has 0 aliphatic carbocycles. The van der Waals surface area contributed by atoms with E-state index < -0.39 is 5.97 Å². The Balaban J connectivity index is 3.04. The van der Waals surface area contributed by atoms with Crippen molar-refractivity contribution >= 4 is 40.2 Å². The Morgan fingerprint density at radius 2 is 2.25 bits per heavy atom. The second kappa shape index (κ2) is 4.09. The van der Waals surface area contributed by atoms with Crippen LogP contribution in [-0.2, 0) is 11.2 Å². The van der Waals surface area contributed by atoms with Crippen LogP contribution in [0.2, 0.25) is 5.02 Å². The largest absolute Gasteiger partial charge is 0.481 e. The molecule has 0 amide bonds. The van der Waals surface area contributed by atoms with Crippen LogP contribution in [0.15, 0.2) is 18.2 Å². The standard InChI is InChI=1S/C8H6ClIO2/c9-6-2-1-3-7(10)5(6)4-8(11)12/h1-3H,4H2,(H,11,12). The lowest BCUT2D eigenvalue weighted by molar-refractivity contribution is -0.136. The molecule has 2 nitrogen and oxygen atoms in total. The Bertz CT molecular complexity index is 292. The van der Waals surface area contributed by atoms with Gasteiger partial charge in [-0.15, -0.1) is 0 Å². The summed E-state index contributed by atoms with van der Waals surface area (Å²) >= 11 is 7.88. The lowest BCUT2D eigenvalue weighted by Crippen LogP contribution is -2.02. The molecule has 0 spiro atoms. The second-order valence-electron chi connectivity index (χ2n) is 2.27. The number of rotatable bonds is 2. The molecular weight excluding hydrogens is 290 g/mol. The van der Waals surface area contributed by atoms with Crippen LogP contribution in [0.1, 0.15) is 5.56 Å². The van der Waals surface area contributed by atoms with Gasteiger partial charge < -0.3 is 5.11 Å². The predicted octanol–water partition coefficient (Wildman–Crippen LogP) is 2.57. The molecule has 64 valence electrons. The van der Waals surface area contributed by atoms with E-state index in [2.05, 4.69) is 22.6 Å². The maximum atomic E-state index is 10.4. The average molecular weight is 296 g/mol. The Hall–Kier alpha value is -0.290. The lowest BCUT2D eigenvalue weighted by atomic mass is 10.1. The third kappa shape index (κ3) is 2.35. The maximum Gasteiger partial charge on any atom is 0.307 e. The molecule has 1 aromatic carbocycles. The van der Waals surface area contributed by atoms with Crippen LogP contribution in [0.5, 0.6) is 0 Å². The van der Waals surface area contributed by atoms with Crippen molar-refractivity contribution in [1.29, 1.82) is 0 Å². The Labute approximate surface area is 88.7 Å². The molecule has 4 heteroatoms. The van der Waals surface area contributed by atoms with Crippen LogP contribution < -0.4 is 0 Å². The summed E-state index contributed by atoms with van der Waals surface area (Å²) in [6.07, 6.45) is -0.0159. The summed E-state index contributed by atoms with van der Waals surface area (Å²) in [4.78, 5) is 10.4. The molecule has 0 heterocycles. The number of carbonyl (C=O) groups is 1. The molecule has 0 unspecified atom stereocenters. The number of halogens is 2. The molecule has 1 rings (SSSR count). The highest BCUT2D eigenvalue weighted by atomic mass is 127. The minimum atomic E-state index is -0.860. The van der Waals surface area contributed by atoms with Crippen molar-refractivity contribution in [2.24, 2.45) is 0 Å². The van der Waals surface area contributed by atoms with Crippen molar-refractivity contribution in [2.75, 3.05) is 0 Å². The summed E-state index contributed by atoms with van der Waals surface area (Å²) in [6, 6.07) is 5.34. The van der Waals surface area contributed by atoms with Gasteiger partial charge in [0.2, 0.25) is 0 Å². The van der Waals surface area contributed by atoms with E-state index in [1.165, 1.54) is 0 Å². The molecule has 1 aromatic rings. The zero-order valence-electron chi connectivity index (χ0n) is 6.05. The van der Waals surface area contributed by atoms with Crippen LogP contribution in [0.4, 0.5) is 0 Å². The van der Waals surface area contributed by atoms with Gasteiger partial charge in [0.1, 0.15) is 0 Å². The summed E-state index contributed by atoms with van der Waals surface area (Å²) in [5.41, 5.74) is 0.687. The molecule has 0 saturated carbocycles. The number of carboxylic acids is 1. The first kappa shape index (κ1) is 9.80. The fourth-order valence-corrected chi connectivity index (χ4v) is 1.94. The first-order valence-electron chi connectivity index (χ1n) is 3.26. The SMILES string of the molecule is O=C(O)Cc1c(Cl)cccc1I. The summed E-state index contributed by atoms with van der Waals surface area (Å²) in [5.74, 6) is -0.860. The molecule has 1 N–H and O–H groups in total. The number of aliphatic carboxylic acids is 1. The topological polar surface area (TPSA) is 37.3 Å². The molecular formula is C8H6ClIO2. The van der Waals surface area contributed by atoms with Gasteiger partial charge in [-0.2, -0.15) is 0 Å². The molecule has 0 aliphatic rings. The fourth-order valence-electron chi connectivity index (χ4n) is 0.852. The van der Waals surface area contributed by atoms with Gasteiger partial charge in [0.15, 0.2) is 0 Å². The highest BCUT2D eigenvalue weighted by Crippen LogP contribution is 2.21. The Morgan fingerprint density at radius 3 is 2.75 bits per heavy atom. The zero-order valence-corrected chi connectivity index (χ0v) is 8.96. The average Bonchev–Trinajstić information content (AvgIpc) is 1.97. The van der Waals surface area contributed by atoms with E-state index in [4.69, 9.17) is 16.7 Å². The van der Waals surface area contributed by atoms with Crippen LogP contribution in [-0.4, -0.2) is 11.1 Å². The summed E-state index contributed by atoms with van der Waals surface area (Å²) < 4.78 is 0.891. The zero-order chi connectivity index (χ0) is 9.14. The third-order valence-electron chi connectivity index (χ3n) is 1.39.